The average molecular weight is 411 g/mol. The second-order valence-corrected chi connectivity index (χ2v) is 6.57. The summed E-state index contributed by atoms with van der Waals surface area (Å²) in [5.74, 6) is 1.27. The Morgan fingerprint density at radius 3 is 2.70 bits per heavy atom. The number of carbonyl (C=O) groups excluding carboxylic acids is 1. The van der Waals surface area contributed by atoms with Gasteiger partial charge in [-0.3, -0.25) is 14.9 Å². The number of aromatic nitrogens is 2. The minimum atomic E-state index is -0.728. The van der Waals surface area contributed by atoms with Crippen LogP contribution in [0.1, 0.15) is 30.9 Å². The summed E-state index contributed by atoms with van der Waals surface area (Å²) >= 11 is 0. The van der Waals surface area contributed by atoms with Crippen molar-refractivity contribution >= 4 is 11.7 Å². The van der Waals surface area contributed by atoms with Gasteiger partial charge in [-0.15, -0.1) is 10.2 Å². The van der Waals surface area contributed by atoms with Gasteiger partial charge in [-0.25, -0.2) is 0 Å². The number of nitro benzene ring substituents is 1. The summed E-state index contributed by atoms with van der Waals surface area (Å²) in [5.41, 5.74) is 1.42. The van der Waals surface area contributed by atoms with Crippen molar-refractivity contribution in [1.29, 1.82) is 0 Å². The largest absolute Gasteiger partial charge is 0.454 e. The first-order valence-electron chi connectivity index (χ1n) is 9.16. The maximum absolute atomic E-state index is 12.2. The van der Waals surface area contributed by atoms with Crippen molar-refractivity contribution in [3.63, 3.8) is 0 Å². The molecule has 2 heterocycles. The van der Waals surface area contributed by atoms with Crippen molar-refractivity contribution in [1.82, 2.24) is 10.2 Å². The number of carbonyl (C=O) groups is 1. The van der Waals surface area contributed by atoms with E-state index >= 15 is 0 Å². The van der Waals surface area contributed by atoms with E-state index in [0.29, 0.717) is 23.5 Å². The SMILES string of the molecule is CC(OC(=O)CCc1ccc2c(c1)OCO2)c1nnc(-c2ccc([N+](=O)[O-])cc2)o1. The highest BCUT2D eigenvalue weighted by Crippen LogP contribution is 2.33. The molecule has 0 fully saturated rings. The molecule has 1 atom stereocenters. The fourth-order valence-corrected chi connectivity index (χ4v) is 2.89. The van der Waals surface area contributed by atoms with Gasteiger partial charge in [0.2, 0.25) is 12.7 Å². The Balaban J connectivity index is 1.33. The maximum Gasteiger partial charge on any atom is 0.306 e. The summed E-state index contributed by atoms with van der Waals surface area (Å²) in [4.78, 5) is 22.4. The summed E-state index contributed by atoms with van der Waals surface area (Å²) in [6.45, 7) is 1.83. The molecule has 30 heavy (non-hydrogen) atoms. The number of nitro groups is 1. The summed E-state index contributed by atoms with van der Waals surface area (Å²) in [6.07, 6.45) is -0.0681. The number of aryl methyl sites for hydroxylation is 1. The van der Waals surface area contributed by atoms with Crippen molar-refractivity contribution < 1.29 is 28.3 Å². The van der Waals surface area contributed by atoms with E-state index in [9.17, 15) is 14.9 Å². The van der Waals surface area contributed by atoms with E-state index in [-0.39, 0.29) is 30.7 Å². The molecule has 0 amide bonds. The zero-order valence-corrected chi connectivity index (χ0v) is 15.9. The number of benzene rings is 2. The normalized spacial score (nSPS) is 13.1. The summed E-state index contributed by atoms with van der Waals surface area (Å²) in [7, 11) is 0. The van der Waals surface area contributed by atoms with Crippen molar-refractivity contribution in [3.8, 4) is 23.0 Å². The molecule has 10 nitrogen and oxygen atoms in total. The predicted molar refractivity (Wildman–Crippen MR) is 102 cm³/mol. The molecule has 1 aliphatic heterocycles. The third kappa shape index (κ3) is 4.22. The molecule has 3 aromatic rings. The van der Waals surface area contributed by atoms with Gasteiger partial charge in [0.05, 0.1) is 4.92 Å². The molecule has 1 unspecified atom stereocenters. The standard InChI is InChI=1S/C20H17N3O7/c1-12(19-21-22-20(30-19)14-4-6-15(7-5-14)23(25)26)29-18(24)9-3-13-2-8-16-17(10-13)28-11-27-16/h2,4-8,10,12H,3,9,11H2,1H3. The lowest BCUT2D eigenvalue weighted by Crippen LogP contribution is -2.10. The Morgan fingerprint density at radius 2 is 1.93 bits per heavy atom. The van der Waals surface area contributed by atoms with Crippen LogP contribution in [0.5, 0.6) is 11.5 Å². The lowest BCUT2D eigenvalue weighted by molar-refractivity contribution is -0.384. The number of esters is 1. The average Bonchev–Trinajstić information content (AvgIpc) is 3.41. The molecule has 10 heteroatoms. The van der Waals surface area contributed by atoms with Gasteiger partial charge in [0, 0.05) is 24.1 Å². The molecule has 1 aliphatic rings. The highest BCUT2D eigenvalue weighted by molar-refractivity contribution is 5.70. The van der Waals surface area contributed by atoms with Gasteiger partial charge < -0.3 is 18.6 Å². The molecule has 0 aliphatic carbocycles. The van der Waals surface area contributed by atoms with Gasteiger partial charge in [-0.2, -0.15) is 0 Å². The van der Waals surface area contributed by atoms with E-state index in [0.717, 1.165) is 5.56 Å². The molecule has 0 bridgehead atoms. The van der Waals surface area contributed by atoms with Gasteiger partial charge in [0.15, 0.2) is 17.6 Å². The molecular weight excluding hydrogens is 394 g/mol. The topological polar surface area (TPSA) is 127 Å². The monoisotopic (exact) mass is 411 g/mol. The molecule has 0 saturated heterocycles. The van der Waals surface area contributed by atoms with Gasteiger partial charge in [0.25, 0.3) is 11.6 Å². The number of hydrogen-bond acceptors (Lipinski definition) is 9. The first-order chi connectivity index (χ1) is 14.5. The van der Waals surface area contributed by atoms with Gasteiger partial charge >= 0.3 is 5.97 Å². The Bertz CT molecular complexity index is 1080. The number of hydrogen-bond donors (Lipinski definition) is 0. The van der Waals surface area contributed by atoms with E-state index < -0.39 is 17.0 Å². The van der Waals surface area contributed by atoms with Crippen LogP contribution in [-0.4, -0.2) is 27.9 Å². The third-order valence-electron chi connectivity index (χ3n) is 4.48. The smallest absolute Gasteiger partial charge is 0.306 e. The fourth-order valence-electron chi connectivity index (χ4n) is 2.89. The van der Waals surface area contributed by atoms with Crippen LogP contribution in [0.2, 0.25) is 0 Å². The zero-order valence-electron chi connectivity index (χ0n) is 15.9. The highest BCUT2D eigenvalue weighted by Gasteiger charge is 2.20. The van der Waals surface area contributed by atoms with Crippen LogP contribution in [0, 0.1) is 10.1 Å². The van der Waals surface area contributed by atoms with Crippen LogP contribution < -0.4 is 9.47 Å². The number of fused-ring (bicyclic) bond motifs is 1. The number of ether oxygens (including phenoxy) is 3. The molecule has 0 radical (unpaired) electrons. The van der Waals surface area contributed by atoms with Crippen molar-refractivity contribution in [3.05, 3.63) is 64.0 Å². The zero-order chi connectivity index (χ0) is 21.1. The van der Waals surface area contributed by atoms with Crippen molar-refractivity contribution in [2.45, 2.75) is 25.9 Å². The van der Waals surface area contributed by atoms with Crippen LogP contribution in [0.15, 0.2) is 46.9 Å². The number of nitrogens with zero attached hydrogens (tertiary/aromatic N) is 3. The number of rotatable bonds is 7. The molecular formula is C20H17N3O7. The maximum atomic E-state index is 12.2. The number of non-ortho nitro benzene ring substituents is 1. The lowest BCUT2D eigenvalue weighted by Gasteiger charge is -2.09. The molecule has 0 spiro atoms. The Labute approximate surface area is 170 Å². The summed E-state index contributed by atoms with van der Waals surface area (Å²) < 4.78 is 21.5. The van der Waals surface area contributed by atoms with E-state index in [1.54, 1.807) is 6.92 Å². The van der Waals surface area contributed by atoms with Crippen LogP contribution >= 0.6 is 0 Å². The van der Waals surface area contributed by atoms with E-state index in [4.69, 9.17) is 18.6 Å². The minimum Gasteiger partial charge on any atom is -0.454 e. The van der Waals surface area contributed by atoms with Crippen LogP contribution in [0.25, 0.3) is 11.5 Å². The molecule has 0 N–H and O–H groups in total. The Morgan fingerprint density at radius 1 is 1.17 bits per heavy atom. The Kier molecular flexibility index (Phi) is 5.29. The first-order valence-corrected chi connectivity index (χ1v) is 9.16. The fraction of sp³-hybridized carbons (Fsp3) is 0.250. The van der Waals surface area contributed by atoms with Crippen molar-refractivity contribution in [2.75, 3.05) is 6.79 Å². The van der Waals surface area contributed by atoms with E-state index in [1.807, 2.05) is 18.2 Å². The first kappa shape index (κ1) is 19.4. The van der Waals surface area contributed by atoms with E-state index in [1.165, 1.54) is 24.3 Å². The lowest BCUT2D eigenvalue weighted by atomic mass is 10.1. The van der Waals surface area contributed by atoms with Gasteiger partial charge in [-0.05, 0) is 43.2 Å². The van der Waals surface area contributed by atoms with Gasteiger partial charge in [0.1, 0.15) is 0 Å². The second kappa shape index (κ2) is 8.19. The predicted octanol–water partition coefficient (Wildman–Crippen LogP) is 3.61. The quantitative estimate of drug-likeness (QED) is 0.325. The summed E-state index contributed by atoms with van der Waals surface area (Å²) in [6, 6.07) is 11.2. The van der Waals surface area contributed by atoms with Crippen LogP contribution in [-0.2, 0) is 16.0 Å². The van der Waals surface area contributed by atoms with Crippen LogP contribution in [0.3, 0.4) is 0 Å². The van der Waals surface area contributed by atoms with Crippen molar-refractivity contribution in [2.24, 2.45) is 0 Å². The molecule has 1 aromatic heterocycles. The summed E-state index contributed by atoms with van der Waals surface area (Å²) in [5, 5.41) is 18.5. The highest BCUT2D eigenvalue weighted by atomic mass is 16.7. The molecule has 0 saturated carbocycles. The molecule has 2 aromatic carbocycles. The van der Waals surface area contributed by atoms with Gasteiger partial charge in [-0.1, -0.05) is 6.07 Å². The minimum absolute atomic E-state index is 0.0387. The van der Waals surface area contributed by atoms with E-state index in [2.05, 4.69) is 10.2 Å². The van der Waals surface area contributed by atoms with Crippen LogP contribution in [0.4, 0.5) is 5.69 Å². The molecule has 4 rings (SSSR count). The second-order valence-electron chi connectivity index (χ2n) is 6.57. The molecule has 154 valence electrons. The Hall–Kier alpha value is -3.95. The third-order valence-corrected chi connectivity index (χ3v) is 4.48.